The van der Waals surface area contributed by atoms with Gasteiger partial charge in [-0.05, 0) is 34.2 Å². The Hall–Kier alpha value is -0.470. The van der Waals surface area contributed by atoms with Crippen molar-refractivity contribution in [2.75, 3.05) is 13.1 Å². The van der Waals surface area contributed by atoms with E-state index in [0.29, 0.717) is 24.9 Å². The molecule has 1 aliphatic heterocycles. The Morgan fingerprint density at radius 3 is 2.50 bits per heavy atom. The lowest BCUT2D eigenvalue weighted by atomic mass is 9.90. The molecule has 1 saturated heterocycles. The molecule has 0 aliphatic carbocycles. The van der Waals surface area contributed by atoms with Gasteiger partial charge in [-0.3, -0.25) is 0 Å². The molecule has 0 saturated carbocycles. The molecular formula is C10H17BrN4O2S. The smallest absolute Gasteiger partial charge is 0.235 e. The van der Waals surface area contributed by atoms with Gasteiger partial charge in [0.15, 0.2) is 4.60 Å². The van der Waals surface area contributed by atoms with Crippen LogP contribution in [0.2, 0.25) is 0 Å². The lowest BCUT2D eigenvalue weighted by Gasteiger charge is -2.34. The van der Waals surface area contributed by atoms with Crippen LogP contribution in [0.5, 0.6) is 0 Å². The third-order valence-electron chi connectivity index (χ3n) is 3.62. The van der Waals surface area contributed by atoms with E-state index in [-0.39, 0.29) is 9.63 Å². The molecule has 2 unspecified atom stereocenters. The summed E-state index contributed by atoms with van der Waals surface area (Å²) in [4.78, 5) is 0. The lowest BCUT2D eigenvalue weighted by molar-refractivity contribution is 0.211. The van der Waals surface area contributed by atoms with Gasteiger partial charge in [0.1, 0.15) is 0 Å². The van der Waals surface area contributed by atoms with Gasteiger partial charge in [0, 0.05) is 20.1 Å². The van der Waals surface area contributed by atoms with E-state index in [0.717, 1.165) is 6.42 Å². The Labute approximate surface area is 116 Å². The average molecular weight is 337 g/mol. The molecular weight excluding hydrogens is 320 g/mol. The van der Waals surface area contributed by atoms with Gasteiger partial charge in [-0.25, -0.2) is 13.1 Å². The van der Waals surface area contributed by atoms with E-state index in [9.17, 15) is 8.42 Å². The van der Waals surface area contributed by atoms with Crippen molar-refractivity contribution in [2.45, 2.75) is 25.3 Å². The van der Waals surface area contributed by atoms with Crippen LogP contribution in [0.1, 0.15) is 20.3 Å². The maximum absolute atomic E-state index is 12.5. The van der Waals surface area contributed by atoms with E-state index < -0.39 is 10.0 Å². The minimum absolute atomic E-state index is 0.129. The minimum atomic E-state index is -3.51. The summed E-state index contributed by atoms with van der Waals surface area (Å²) in [7, 11) is -1.93. The molecule has 8 heteroatoms. The molecule has 1 aliphatic rings. The predicted octanol–water partition coefficient (Wildman–Crippen LogP) is 1.24. The molecule has 2 heterocycles. The van der Waals surface area contributed by atoms with Crippen LogP contribution in [0.25, 0.3) is 0 Å². The predicted molar refractivity (Wildman–Crippen MR) is 70.4 cm³/mol. The molecule has 2 atom stereocenters. The normalized spacial score (nSPS) is 26.4. The fourth-order valence-corrected chi connectivity index (χ4v) is 4.75. The van der Waals surface area contributed by atoms with Crippen LogP contribution in [0, 0.1) is 11.8 Å². The summed E-state index contributed by atoms with van der Waals surface area (Å²) < 4.78 is 28.2. The first kappa shape index (κ1) is 14.0. The van der Waals surface area contributed by atoms with Crippen LogP contribution in [0.15, 0.2) is 9.63 Å². The fraction of sp³-hybridized carbons (Fsp3) is 0.800. The molecule has 0 bridgehead atoms. The molecule has 1 aromatic heterocycles. The van der Waals surface area contributed by atoms with E-state index in [2.05, 4.69) is 40.1 Å². The highest BCUT2D eigenvalue weighted by atomic mass is 79.9. The Bertz CT molecular complexity index is 523. The second-order valence-electron chi connectivity index (χ2n) is 4.92. The number of nitrogens with zero attached hydrogens (tertiary/aromatic N) is 4. The van der Waals surface area contributed by atoms with Gasteiger partial charge < -0.3 is 0 Å². The zero-order valence-electron chi connectivity index (χ0n) is 10.7. The lowest BCUT2D eigenvalue weighted by Crippen LogP contribution is -2.42. The van der Waals surface area contributed by atoms with Crippen molar-refractivity contribution in [3.8, 4) is 0 Å². The van der Waals surface area contributed by atoms with Crippen molar-refractivity contribution in [1.82, 2.24) is 19.3 Å². The van der Waals surface area contributed by atoms with E-state index in [1.54, 1.807) is 7.05 Å². The van der Waals surface area contributed by atoms with Crippen LogP contribution in [-0.4, -0.2) is 40.8 Å². The number of sulfonamides is 1. The minimum Gasteiger partial charge on any atom is -0.235 e. The van der Waals surface area contributed by atoms with Crippen LogP contribution in [-0.2, 0) is 17.1 Å². The van der Waals surface area contributed by atoms with Crippen LogP contribution < -0.4 is 0 Å². The van der Waals surface area contributed by atoms with E-state index >= 15 is 0 Å². The molecule has 1 aromatic rings. The molecule has 0 radical (unpaired) electrons. The molecule has 2 rings (SSSR count). The summed E-state index contributed by atoms with van der Waals surface area (Å²) in [6.07, 6.45) is 0.892. The zero-order valence-corrected chi connectivity index (χ0v) is 13.1. The van der Waals surface area contributed by atoms with Crippen molar-refractivity contribution in [3.05, 3.63) is 4.60 Å². The summed E-state index contributed by atoms with van der Waals surface area (Å²) in [5.41, 5.74) is 0. The van der Waals surface area contributed by atoms with E-state index in [1.807, 2.05) is 0 Å². The molecule has 0 N–H and O–H groups in total. The number of rotatable bonds is 2. The summed E-state index contributed by atoms with van der Waals surface area (Å²) in [6, 6.07) is 0. The van der Waals surface area contributed by atoms with Gasteiger partial charge in [0.25, 0.3) is 10.0 Å². The Morgan fingerprint density at radius 1 is 1.33 bits per heavy atom. The number of hydrogen-bond donors (Lipinski definition) is 0. The van der Waals surface area contributed by atoms with Crippen LogP contribution in [0.4, 0.5) is 0 Å². The summed E-state index contributed by atoms with van der Waals surface area (Å²) >= 11 is 3.15. The number of hydrogen-bond acceptors (Lipinski definition) is 4. The number of aromatic nitrogens is 3. The van der Waals surface area contributed by atoms with Crippen molar-refractivity contribution in [3.63, 3.8) is 0 Å². The highest BCUT2D eigenvalue weighted by Gasteiger charge is 2.35. The van der Waals surface area contributed by atoms with Crippen molar-refractivity contribution < 1.29 is 8.42 Å². The highest BCUT2D eigenvalue weighted by Crippen LogP contribution is 2.29. The standard InChI is InChI=1S/C10H17BrN4O2S/c1-7-4-5-15(6-8(7)2)18(16,17)10-9(11)12-13-14(10)3/h7-8H,4-6H2,1-3H3. The molecule has 1 fully saturated rings. The number of halogens is 1. The van der Waals surface area contributed by atoms with Gasteiger partial charge in [0.2, 0.25) is 5.03 Å². The van der Waals surface area contributed by atoms with Gasteiger partial charge >= 0.3 is 0 Å². The monoisotopic (exact) mass is 336 g/mol. The topological polar surface area (TPSA) is 68.1 Å². The molecule has 0 amide bonds. The maximum atomic E-state index is 12.5. The second-order valence-corrected chi connectivity index (χ2v) is 7.52. The largest absolute Gasteiger partial charge is 0.263 e. The van der Waals surface area contributed by atoms with Crippen LogP contribution in [0.3, 0.4) is 0 Å². The van der Waals surface area contributed by atoms with Gasteiger partial charge in [-0.2, -0.15) is 4.31 Å². The number of piperidine rings is 1. The first-order valence-corrected chi connectivity index (χ1v) is 8.12. The summed E-state index contributed by atoms with van der Waals surface area (Å²) in [5.74, 6) is 0.929. The third kappa shape index (κ3) is 2.33. The average Bonchev–Trinajstić information content (AvgIpc) is 2.62. The fourth-order valence-electron chi connectivity index (χ4n) is 2.16. The van der Waals surface area contributed by atoms with Crippen LogP contribution >= 0.6 is 15.9 Å². The molecule has 0 spiro atoms. The number of aryl methyl sites for hydroxylation is 1. The van der Waals surface area contributed by atoms with Crippen molar-refractivity contribution in [2.24, 2.45) is 18.9 Å². The zero-order chi connectivity index (χ0) is 13.5. The quantitative estimate of drug-likeness (QED) is 0.814. The van der Waals surface area contributed by atoms with Gasteiger partial charge in [0.05, 0.1) is 0 Å². The van der Waals surface area contributed by atoms with E-state index in [4.69, 9.17) is 0 Å². The maximum Gasteiger partial charge on any atom is 0.263 e. The molecule has 102 valence electrons. The molecule has 6 nitrogen and oxygen atoms in total. The highest BCUT2D eigenvalue weighted by molar-refractivity contribution is 9.10. The second kappa shape index (κ2) is 4.90. The van der Waals surface area contributed by atoms with Gasteiger partial charge in [-0.15, -0.1) is 5.10 Å². The molecule has 18 heavy (non-hydrogen) atoms. The Balaban J connectivity index is 2.33. The Morgan fingerprint density at radius 2 is 2.00 bits per heavy atom. The van der Waals surface area contributed by atoms with Crippen molar-refractivity contribution in [1.29, 1.82) is 0 Å². The summed E-state index contributed by atoms with van der Waals surface area (Å²) in [5, 5.41) is 7.59. The summed E-state index contributed by atoms with van der Waals surface area (Å²) in [6.45, 7) is 5.37. The first-order valence-electron chi connectivity index (χ1n) is 5.89. The van der Waals surface area contributed by atoms with E-state index in [1.165, 1.54) is 8.99 Å². The third-order valence-corrected chi connectivity index (χ3v) is 6.37. The molecule has 0 aromatic carbocycles. The van der Waals surface area contributed by atoms with Crippen molar-refractivity contribution >= 4 is 26.0 Å². The first-order chi connectivity index (χ1) is 8.34. The van der Waals surface area contributed by atoms with Gasteiger partial charge in [-0.1, -0.05) is 19.1 Å². The SMILES string of the molecule is CC1CCN(S(=O)(=O)c2c(Br)nnn2C)CC1C. The Kier molecular flexibility index (Phi) is 3.80.